The lowest BCUT2D eigenvalue weighted by Gasteiger charge is -2.26. The molecule has 0 radical (unpaired) electrons. The van der Waals surface area contributed by atoms with Gasteiger partial charge in [0.15, 0.2) is 0 Å². The Morgan fingerprint density at radius 3 is 2.71 bits per heavy atom. The second-order valence-electron chi connectivity index (χ2n) is 3.59. The lowest BCUT2D eigenvalue weighted by Crippen LogP contribution is -2.42. The first kappa shape index (κ1) is 9.89. The molecule has 1 aromatic rings. The van der Waals surface area contributed by atoms with E-state index in [2.05, 4.69) is 15.2 Å². The van der Waals surface area contributed by atoms with Gasteiger partial charge in [0.2, 0.25) is 0 Å². The van der Waals surface area contributed by atoms with Gasteiger partial charge in [0.05, 0.1) is 0 Å². The van der Waals surface area contributed by atoms with E-state index in [1.54, 1.807) is 0 Å². The highest BCUT2D eigenvalue weighted by atomic mass is 32.1. The van der Waals surface area contributed by atoms with Crippen LogP contribution in [-0.2, 0) is 6.54 Å². The predicted molar refractivity (Wildman–Crippen MR) is 57.8 cm³/mol. The molecule has 0 amide bonds. The van der Waals surface area contributed by atoms with E-state index < -0.39 is 0 Å². The summed E-state index contributed by atoms with van der Waals surface area (Å²) < 4.78 is 0. The molecular weight excluding hydrogens is 198 g/mol. The number of rotatable bonds is 2. The highest BCUT2D eigenvalue weighted by Crippen LogP contribution is 2.11. The van der Waals surface area contributed by atoms with Crippen LogP contribution >= 0.6 is 11.3 Å². The average Bonchev–Trinajstić information content (AvgIpc) is 2.47. The van der Waals surface area contributed by atoms with Crippen LogP contribution < -0.4 is 10.2 Å². The number of nitrogens with one attached hydrogen (secondary N) is 2. The first-order valence-corrected chi connectivity index (χ1v) is 5.69. The second-order valence-corrected chi connectivity index (χ2v) is 4.66. The molecule has 5 heteroatoms. The van der Waals surface area contributed by atoms with Gasteiger partial charge in [0, 0.05) is 43.3 Å². The molecule has 2 heterocycles. The smallest absolute Gasteiger partial charge is 0.304 e. The third-order valence-electron chi connectivity index (χ3n) is 2.50. The SMILES string of the molecule is Cc1[nH]c(=O)sc1CN1CCNCC1. The highest BCUT2D eigenvalue weighted by Gasteiger charge is 2.12. The number of thiazole rings is 1. The summed E-state index contributed by atoms with van der Waals surface area (Å²) in [6.07, 6.45) is 0. The highest BCUT2D eigenvalue weighted by molar-refractivity contribution is 7.09. The van der Waals surface area contributed by atoms with E-state index in [9.17, 15) is 4.79 Å². The van der Waals surface area contributed by atoms with Crippen molar-refractivity contribution in [3.05, 3.63) is 20.2 Å². The zero-order valence-electron chi connectivity index (χ0n) is 8.30. The molecule has 14 heavy (non-hydrogen) atoms. The van der Waals surface area contributed by atoms with Crippen molar-refractivity contribution >= 4 is 11.3 Å². The van der Waals surface area contributed by atoms with E-state index in [1.165, 1.54) is 16.2 Å². The van der Waals surface area contributed by atoms with Crippen LogP contribution in [0.3, 0.4) is 0 Å². The average molecular weight is 213 g/mol. The van der Waals surface area contributed by atoms with Gasteiger partial charge in [-0.3, -0.25) is 9.69 Å². The third kappa shape index (κ3) is 2.23. The summed E-state index contributed by atoms with van der Waals surface area (Å²) in [7, 11) is 0. The van der Waals surface area contributed by atoms with Crippen molar-refractivity contribution in [2.75, 3.05) is 26.2 Å². The Morgan fingerprint density at radius 1 is 1.43 bits per heavy atom. The molecule has 2 N–H and O–H groups in total. The summed E-state index contributed by atoms with van der Waals surface area (Å²) in [5.74, 6) is 0. The van der Waals surface area contributed by atoms with Crippen molar-refractivity contribution in [1.82, 2.24) is 15.2 Å². The molecule has 1 aliphatic heterocycles. The summed E-state index contributed by atoms with van der Waals surface area (Å²) in [4.78, 5) is 17.5. The van der Waals surface area contributed by atoms with Crippen LogP contribution in [0.4, 0.5) is 0 Å². The van der Waals surface area contributed by atoms with E-state index in [4.69, 9.17) is 0 Å². The van der Waals surface area contributed by atoms with Crippen LogP contribution in [0.2, 0.25) is 0 Å². The van der Waals surface area contributed by atoms with Gasteiger partial charge < -0.3 is 10.3 Å². The fraction of sp³-hybridized carbons (Fsp3) is 0.667. The minimum absolute atomic E-state index is 0.0626. The number of aryl methyl sites for hydroxylation is 1. The van der Waals surface area contributed by atoms with Crippen molar-refractivity contribution in [1.29, 1.82) is 0 Å². The Bertz CT molecular complexity index is 351. The first-order valence-electron chi connectivity index (χ1n) is 4.87. The molecule has 0 unspecified atom stereocenters. The molecule has 0 aromatic carbocycles. The van der Waals surface area contributed by atoms with Crippen LogP contribution in [0, 0.1) is 6.92 Å². The van der Waals surface area contributed by atoms with E-state index in [0.717, 1.165) is 38.4 Å². The van der Waals surface area contributed by atoms with Gasteiger partial charge in [0.1, 0.15) is 0 Å². The molecular formula is C9H15N3OS. The van der Waals surface area contributed by atoms with Crippen LogP contribution in [0.15, 0.2) is 4.79 Å². The van der Waals surface area contributed by atoms with Gasteiger partial charge in [-0.25, -0.2) is 0 Å². The number of piperazine rings is 1. The van der Waals surface area contributed by atoms with Crippen molar-refractivity contribution in [2.45, 2.75) is 13.5 Å². The molecule has 0 atom stereocenters. The molecule has 2 rings (SSSR count). The second kappa shape index (κ2) is 4.25. The number of nitrogens with zero attached hydrogens (tertiary/aromatic N) is 1. The van der Waals surface area contributed by atoms with Gasteiger partial charge in [-0.1, -0.05) is 11.3 Å². The molecule has 1 aromatic heterocycles. The lowest BCUT2D eigenvalue weighted by molar-refractivity contribution is 0.234. The fourth-order valence-corrected chi connectivity index (χ4v) is 2.54. The molecule has 0 aliphatic carbocycles. The number of H-pyrrole nitrogens is 1. The summed E-state index contributed by atoms with van der Waals surface area (Å²) in [6.45, 7) is 7.14. The van der Waals surface area contributed by atoms with E-state index in [0.29, 0.717) is 0 Å². The van der Waals surface area contributed by atoms with E-state index in [1.807, 2.05) is 6.92 Å². The molecule has 0 bridgehead atoms. The zero-order valence-corrected chi connectivity index (χ0v) is 9.12. The largest absolute Gasteiger partial charge is 0.317 e. The van der Waals surface area contributed by atoms with Crippen molar-refractivity contribution < 1.29 is 0 Å². The Labute approximate surface area is 86.9 Å². The first-order chi connectivity index (χ1) is 6.75. The fourth-order valence-electron chi connectivity index (χ4n) is 1.66. The lowest BCUT2D eigenvalue weighted by atomic mass is 10.3. The van der Waals surface area contributed by atoms with Crippen molar-refractivity contribution in [2.24, 2.45) is 0 Å². The Kier molecular flexibility index (Phi) is 3.00. The molecule has 4 nitrogen and oxygen atoms in total. The minimum atomic E-state index is 0.0626. The zero-order chi connectivity index (χ0) is 9.97. The van der Waals surface area contributed by atoms with E-state index in [-0.39, 0.29) is 4.87 Å². The maximum atomic E-state index is 11.1. The number of hydrogen-bond acceptors (Lipinski definition) is 4. The van der Waals surface area contributed by atoms with Gasteiger partial charge in [0.25, 0.3) is 0 Å². The molecule has 78 valence electrons. The summed E-state index contributed by atoms with van der Waals surface area (Å²) >= 11 is 1.33. The van der Waals surface area contributed by atoms with Gasteiger partial charge >= 0.3 is 4.87 Å². The Balaban J connectivity index is 2.02. The molecule has 0 spiro atoms. The Morgan fingerprint density at radius 2 is 2.14 bits per heavy atom. The van der Waals surface area contributed by atoms with Gasteiger partial charge in [-0.2, -0.15) is 0 Å². The van der Waals surface area contributed by atoms with Gasteiger partial charge in [-0.15, -0.1) is 0 Å². The summed E-state index contributed by atoms with van der Waals surface area (Å²) in [6, 6.07) is 0. The van der Waals surface area contributed by atoms with Crippen LogP contribution in [0.25, 0.3) is 0 Å². The molecule has 1 aliphatic rings. The Hall–Kier alpha value is -0.650. The predicted octanol–water partition coefficient (Wildman–Crippen LogP) is 0.150. The number of aromatic amines is 1. The topological polar surface area (TPSA) is 48.1 Å². The summed E-state index contributed by atoms with van der Waals surface area (Å²) in [5, 5.41) is 3.31. The van der Waals surface area contributed by atoms with Gasteiger partial charge in [-0.05, 0) is 6.92 Å². The monoisotopic (exact) mass is 213 g/mol. The van der Waals surface area contributed by atoms with Crippen LogP contribution in [-0.4, -0.2) is 36.1 Å². The normalized spacial score (nSPS) is 18.6. The number of aromatic nitrogens is 1. The van der Waals surface area contributed by atoms with Crippen molar-refractivity contribution in [3.63, 3.8) is 0 Å². The van der Waals surface area contributed by atoms with Crippen LogP contribution in [0.1, 0.15) is 10.6 Å². The maximum absolute atomic E-state index is 11.1. The summed E-state index contributed by atoms with van der Waals surface area (Å²) in [5.41, 5.74) is 1.03. The van der Waals surface area contributed by atoms with Crippen molar-refractivity contribution in [3.8, 4) is 0 Å². The molecule has 0 saturated carbocycles. The number of hydrogen-bond donors (Lipinski definition) is 2. The standard InChI is InChI=1S/C9H15N3OS/c1-7-8(14-9(13)11-7)6-12-4-2-10-3-5-12/h10H,2-6H2,1H3,(H,11,13). The van der Waals surface area contributed by atoms with E-state index >= 15 is 0 Å². The third-order valence-corrected chi connectivity index (χ3v) is 3.47. The quantitative estimate of drug-likeness (QED) is 0.735. The van der Waals surface area contributed by atoms with Crippen LogP contribution in [0.5, 0.6) is 0 Å². The maximum Gasteiger partial charge on any atom is 0.304 e. The minimum Gasteiger partial charge on any atom is -0.317 e. The molecule has 1 fully saturated rings. The molecule has 1 saturated heterocycles.